The second-order valence-electron chi connectivity index (χ2n) is 6.90. The third-order valence-corrected chi connectivity index (χ3v) is 5.18. The Kier molecular flexibility index (Phi) is 4.88. The van der Waals surface area contributed by atoms with E-state index in [-0.39, 0.29) is 23.7 Å². The predicted octanol–water partition coefficient (Wildman–Crippen LogP) is 4.37. The van der Waals surface area contributed by atoms with Crippen molar-refractivity contribution in [1.82, 2.24) is 19.9 Å². The fourth-order valence-electron chi connectivity index (χ4n) is 3.51. The molecule has 0 amide bonds. The molecule has 0 radical (unpaired) electrons. The number of aromatic nitrogens is 4. The summed E-state index contributed by atoms with van der Waals surface area (Å²) in [6, 6.07) is 1.18. The molecular formula is C18H18ClF3N6. The Morgan fingerprint density at radius 3 is 2.71 bits per heavy atom. The van der Waals surface area contributed by atoms with Crippen LogP contribution in [0.15, 0.2) is 24.7 Å². The molecule has 3 aromatic rings. The Hall–Kier alpha value is -2.39. The first-order valence-corrected chi connectivity index (χ1v) is 9.30. The van der Waals surface area contributed by atoms with Crippen LogP contribution in [0.4, 0.5) is 19.0 Å². The van der Waals surface area contributed by atoms with Gasteiger partial charge in [-0.25, -0.2) is 15.0 Å². The first kappa shape index (κ1) is 18.9. The van der Waals surface area contributed by atoms with Crippen molar-refractivity contribution in [2.24, 2.45) is 5.73 Å². The minimum atomic E-state index is -4.58. The predicted molar refractivity (Wildman–Crippen MR) is 101 cm³/mol. The normalized spacial score (nSPS) is 20.5. The van der Waals surface area contributed by atoms with Gasteiger partial charge in [0.1, 0.15) is 17.0 Å². The highest BCUT2D eigenvalue weighted by Crippen LogP contribution is 2.36. The first-order valence-electron chi connectivity index (χ1n) is 8.92. The largest absolute Gasteiger partial charge is 0.421 e. The number of alkyl halides is 3. The van der Waals surface area contributed by atoms with Crippen molar-refractivity contribution in [2.75, 3.05) is 5.32 Å². The average Bonchev–Trinajstić information content (AvgIpc) is 3.05. The molecule has 1 aliphatic carbocycles. The van der Waals surface area contributed by atoms with E-state index in [0.717, 1.165) is 25.5 Å². The van der Waals surface area contributed by atoms with Gasteiger partial charge in [-0.3, -0.25) is 0 Å². The van der Waals surface area contributed by atoms with E-state index in [1.165, 1.54) is 6.20 Å². The fraction of sp³-hybridized carbons (Fsp3) is 0.389. The van der Waals surface area contributed by atoms with E-state index in [9.17, 15) is 13.2 Å². The Bertz CT molecular complexity index is 1000. The van der Waals surface area contributed by atoms with E-state index in [0.29, 0.717) is 28.0 Å². The number of anilines is 1. The van der Waals surface area contributed by atoms with Gasteiger partial charge < -0.3 is 16.0 Å². The van der Waals surface area contributed by atoms with Gasteiger partial charge in [-0.15, -0.1) is 0 Å². The van der Waals surface area contributed by atoms with E-state index in [4.69, 9.17) is 17.3 Å². The van der Waals surface area contributed by atoms with Gasteiger partial charge in [0.05, 0.1) is 5.02 Å². The topological polar surface area (TPSA) is 92.5 Å². The van der Waals surface area contributed by atoms with Gasteiger partial charge >= 0.3 is 6.18 Å². The van der Waals surface area contributed by atoms with Crippen LogP contribution >= 0.6 is 11.6 Å². The summed E-state index contributed by atoms with van der Waals surface area (Å²) in [6.45, 7) is 0. The zero-order chi connectivity index (χ0) is 19.9. The molecule has 2 unspecified atom stereocenters. The Morgan fingerprint density at radius 1 is 1.18 bits per heavy atom. The molecule has 0 bridgehead atoms. The number of halogens is 4. The number of fused-ring (bicyclic) bond motifs is 1. The summed E-state index contributed by atoms with van der Waals surface area (Å²) < 4.78 is 40.5. The van der Waals surface area contributed by atoms with Gasteiger partial charge in [-0.2, -0.15) is 13.2 Å². The molecule has 2 atom stereocenters. The molecule has 1 fully saturated rings. The number of nitrogens with zero attached hydrogens (tertiary/aromatic N) is 3. The van der Waals surface area contributed by atoms with E-state index in [1.54, 1.807) is 12.3 Å². The second-order valence-corrected chi connectivity index (χ2v) is 7.34. The molecule has 0 spiro atoms. The van der Waals surface area contributed by atoms with Crippen LogP contribution in [0.25, 0.3) is 22.4 Å². The van der Waals surface area contributed by atoms with Gasteiger partial charge in [0.15, 0.2) is 5.82 Å². The van der Waals surface area contributed by atoms with E-state index in [1.807, 2.05) is 0 Å². The lowest BCUT2D eigenvalue weighted by molar-refractivity contribution is -0.137. The number of nitrogens with one attached hydrogen (secondary N) is 2. The molecule has 4 rings (SSSR count). The van der Waals surface area contributed by atoms with Crippen LogP contribution in [0.3, 0.4) is 0 Å². The second kappa shape index (κ2) is 7.21. The number of hydrogen-bond acceptors (Lipinski definition) is 5. The molecule has 148 valence electrons. The van der Waals surface area contributed by atoms with Crippen LogP contribution in [0.5, 0.6) is 0 Å². The number of pyridine rings is 1. The third kappa shape index (κ3) is 3.64. The molecule has 1 aliphatic rings. The smallest absolute Gasteiger partial charge is 0.365 e. The Labute approximate surface area is 163 Å². The van der Waals surface area contributed by atoms with Crippen molar-refractivity contribution in [2.45, 2.75) is 43.9 Å². The lowest BCUT2D eigenvalue weighted by Crippen LogP contribution is -2.43. The summed E-state index contributed by atoms with van der Waals surface area (Å²) in [5.74, 6) is -0.112. The Morgan fingerprint density at radius 2 is 1.96 bits per heavy atom. The summed E-state index contributed by atoms with van der Waals surface area (Å²) in [5, 5.41) is 3.96. The molecule has 3 aromatic heterocycles. The molecule has 10 heteroatoms. The van der Waals surface area contributed by atoms with Crippen LogP contribution in [0.1, 0.15) is 31.2 Å². The van der Waals surface area contributed by atoms with Gasteiger partial charge in [-0.05, 0) is 18.9 Å². The van der Waals surface area contributed by atoms with Crippen molar-refractivity contribution >= 4 is 28.5 Å². The van der Waals surface area contributed by atoms with Gasteiger partial charge in [0.25, 0.3) is 0 Å². The zero-order valence-electron chi connectivity index (χ0n) is 14.7. The number of aromatic amines is 1. The van der Waals surface area contributed by atoms with Crippen LogP contribution < -0.4 is 11.1 Å². The van der Waals surface area contributed by atoms with Crippen molar-refractivity contribution in [3.63, 3.8) is 0 Å². The maximum atomic E-state index is 13.5. The summed E-state index contributed by atoms with van der Waals surface area (Å²) in [7, 11) is 0. The standard InChI is InChI=1S/C18H18ClF3N6/c19-9-5-10-11(7-25-15(10)24-6-9)16-26-8-12(18(20,21)22)17(28-16)27-14-4-2-1-3-13(14)23/h5-8,13-14H,1-4,23H2,(H,24,25)(H,26,27,28). The average molecular weight is 411 g/mol. The van der Waals surface area contributed by atoms with Crippen LogP contribution in [-0.4, -0.2) is 32.0 Å². The summed E-state index contributed by atoms with van der Waals surface area (Å²) >= 11 is 6.00. The first-order chi connectivity index (χ1) is 13.3. The lowest BCUT2D eigenvalue weighted by Gasteiger charge is -2.30. The quantitative estimate of drug-likeness (QED) is 0.596. The molecule has 1 saturated carbocycles. The third-order valence-electron chi connectivity index (χ3n) is 4.97. The van der Waals surface area contributed by atoms with E-state index in [2.05, 4.69) is 25.3 Å². The number of hydrogen-bond donors (Lipinski definition) is 3. The minimum Gasteiger partial charge on any atom is -0.365 e. The highest BCUT2D eigenvalue weighted by Gasteiger charge is 2.36. The van der Waals surface area contributed by atoms with Crippen LogP contribution in [0, 0.1) is 0 Å². The van der Waals surface area contributed by atoms with Crippen molar-refractivity contribution in [1.29, 1.82) is 0 Å². The lowest BCUT2D eigenvalue weighted by atomic mass is 9.91. The summed E-state index contributed by atoms with van der Waals surface area (Å²) in [5.41, 5.74) is 6.25. The number of nitrogens with two attached hydrogens (primary N) is 1. The minimum absolute atomic E-state index is 0.148. The van der Waals surface area contributed by atoms with E-state index < -0.39 is 11.7 Å². The molecule has 0 aromatic carbocycles. The highest BCUT2D eigenvalue weighted by molar-refractivity contribution is 6.31. The fourth-order valence-corrected chi connectivity index (χ4v) is 3.66. The van der Waals surface area contributed by atoms with Crippen molar-refractivity contribution < 1.29 is 13.2 Å². The Balaban J connectivity index is 1.78. The maximum absolute atomic E-state index is 13.5. The van der Waals surface area contributed by atoms with Crippen LogP contribution in [0.2, 0.25) is 5.02 Å². The van der Waals surface area contributed by atoms with Crippen molar-refractivity contribution in [3.8, 4) is 11.4 Å². The monoisotopic (exact) mass is 410 g/mol. The summed E-state index contributed by atoms with van der Waals surface area (Å²) in [6.07, 6.45) is 2.66. The maximum Gasteiger partial charge on any atom is 0.421 e. The highest BCUT2D eigenvalue weighted by atomic mass is 35.5. The van der Waals surface area contributed by atoms with Crippen LogP contribution in [-0.2, 0) is 6.18 Å². The van der Waals surface area contributed by atoms with Gasteiger partial charge in [-0.1, -0.05) is 24.4 Å². The van der Waals surface area contributed by atoms with E-state index >= 15 is 0 Å². The van der Waals surface area contributed by atoms with Gasteiger partial charge in [0, 0.05) is 41.6 Å². The molecular weight excluding hydrogens is 393 g/mol. The number of rotatable bonds is 3. The molecule has 28 heavy (non-hydrogen) atoms. The van der Waals surface area contributed by atoms with Crippen molar-refractivity contribution in [3.05, 3.63) is 35.2 Å². The molecule has 0 saturated heterocycles. The molecule has 0 aliphatic heterocycles. The van der Waals surface area contributed by atoms with Gasteiger partial charge in [0.2, 0.25) is 0 Å². The molecule has 6 nitrogen and oxygen atoms in total. The molecule has 3 heterocycles. The summed E-state index contributed by atoms with van der Waals surface area (Å²) in [4.78, 5) is 15.3. The number of H-pyrrole nitrogens is 1. The molecule has 4 N–H and O–H groups in total. The SMILES string of the molecule is NC1CCCCC1Nc1nc(-c2c[nH]c3ncc(Cl)cc23)ncc1C(F)(F)F. The zero-order valence-corrected chi connectivity index (χ0v) is 15.5.